The zero-order valence-electron chi connectivity index (χ0n) is 14.4. The number of hydrogen-bond donors (Lipinski definition) is 1. The monoisotopic (exact) mass is 339 g/mol. The standard InChI is InChI=1S/C20H21NO4/c1-20(2)8-7-15-18(25-20)6-4-13-9-14(11-24-19(13)15)12-3-5-17(22)16(10-12)21-23/h3-6,10,14,22H,7-9,11H2,1-2H3. The van der Waals surface area contributed by atoms with Crippen LogP contribution in [0.1, 0.15) is 42.9 Å². The van der Waals surface area contributed by atoms with Gasteiger partial charge in [-0.3, -0.25) is 0 Å². The smallest absolute Gasteiger partial charge is 0.149 e. The highest BCUT2D eigenvalue weighted by molar-refractivity contribution is 5.55. The molecule has 0 aromatic heterocycles. The summed E-state index contributed by atoms with van der Waals surface area (Å²) in [5, 5.41) is 12.5. The molecule has 5 heteroatoms. The molecule has 5 nitrogen and oxygen atoms in total. The second kappa shape index (κ2) is 5.76. The minimum atomic E-state index is -0.136. The molecule has 1 unspecified atom stereocenters. The van der Waals surface area contributed by atoms with Gasteiger partial charge in [-0.1, -0.05) is 12.1 Å². The summed E-state index contributed by atoms with van der Waals surface area (Å²) in [4.78, 5) is 10.8. The third-order valence-electron chi connectivity index (χ3n) is 5.13. The largest absolute Gasteiger partial charge is 0.506 e. The van der Waals surface area contributed by atoms with E-state index in [0.717, 1.165) is 47.5 Å². The predicted octanol–water partition coefficient (Wildman–Crippen LogP) is 4.61. The number of ether oxygens (including phenoxy) is 2. The van der Waals surface area contributed by atoms with Gasteiger partial charge in [-0.25, -0.2) is 0 Å². The third kappa shape index (κ3) is 2.84. The van der Waals surface area contributed by atoms with E-state index in [9.17, 15) is 10.0 Å². The first kappa shape index (κ1) is 15.9. The Kier molecular flexibility index (Phi) is 3.67. The van der Waals surface area contributed by atoms with Crippen molar-refractivity contribution in [3.63, 3.8) is 0 Å². The first-order valence-corrected chi connectivity index (χ1v) is 8.60. The molecule has 130 valence electrons. The van der Waals surface area contributed by atoms with E-state index in [-0.39, 0.29) is 23.0 Å². The fourth-order valence-corrected chi connectivity index (χ4v) is 3.70. The van der Waals surface area contributed by atoms with Crippen molar-refractivity contribution in [1.82, 2.24) is 0 Å². The first-order valence-electron chi connectivity index (χ1n) is 8.60. The number of aromatic hydroxyl groups is 1. The van der Waals surface area contributed by atoms with E-state index >= 15 is 0 Å². The average molecular weight is 339 g/mol. The molecule has 0 bridgehead atoms. The fourth-order valence-electron chi connectivity index (χ4n) is 3.70. The van der Waals surface area contributed by atoms with Gasteiger partial charge >= 0.3 is 0 Å². The van der Waals surface area contributed by atoms with E-state index in [1.807, 2.05) is 12.1 Å². The Morgan fingerprint density at radius 2 is 2.08 bits per heavy atom. The quantitative estimate of drug-likeness (QED) is 0.811. The highest BCUT2D eigenvalue weighted by atomic mass is 16.5. The van der Waals surface area contributed by atoms with Crippen LogP contribution in [0.25, 0.3) is 0 Å². The first-order chi connectivity index (χ1) is 12.0. The topological polar surface area (TPSA) is 68.1 Å². The third-order valence-corrected chi connectivity index (χ3v) is 5.13. The number of rotatable bonds is 2. The summed E-state index contributed by atoms with van der Waals surface area (Å²) in [6.07, 6.45) is 2.75. The van der Waals surface area contributed by atoms with E-state index in [1.165, 1.54) is 6.07 Å². The van der Waals surface area contributed by atoms with Crippen LogP contribution in [0, 0.1) is 4.91 Å². The van der Waals surface area contributed by atoms with Crippen LogP contribution in [-0.2, 0) is 12.8 Å². The number of benzene rings is 2. The van der Waals surface area contributed by atoms with E-state index in [0.29, 0.717) is 6.61 Å². The van der Waals surface area contributed by atoms with E-state index in [2.05, 4.69) is 25.1 Å². The molecule has 1 atom stereocenters. The maximum atomic E-state index is 10.8. The Morgan fingerprint density at radius 3 is 2.88 bits per heavy atom. The van der Waals surface area contributed by atoms with E-state index in [4.69, 9.17) is 9.47 Å². The fraction of sp³-hybridized carbons (Fsp3) is 0.400. The van der Waals surface area contributed by atoms with Gasteiger partial charge in [0.05, 0.1) is 6.61 Å². The molecular formula is C20H21NO4. The number of phenolic OH excluding ortho intramolecular Hbond substituents is 1. The van der Waals surface area contributed by atoms with Gasteiger partial charge in [0, 0.05) is 11.5 Å². The highest BCUT2D eigenvalue weighted by Gasteiger charge is 2.32. The molecule has 0 saturated heterocycles. The zero-order chi connectivity index (χ0) is 17.6. The van der Waals surface area contributed by atoms with Crippen molar-refractivity contribution >= 4 is 5.69 Å². The molecule has 2 heterocycles. The maximum absolute atomic E-state index is 10.8. The molecule has 2 aromatic carbocycles. The Bertz CT molecular complexity index is 844. The van der Waals surface area contributed by atoms with Crippen LogP contribution in [-0.4, -0.2) is 17.3 Å². The number of fused-ring (bicyclic) bond motifs is 3. The lowest BCUT2D eigenvalue weighted by atomic mass is 9.86. The Hall–Kier alpha value is -2.56. The lowest BCUT2D eigenvalue weighted by Crippen LogP contribution is -2.33. The number of phenols is 1. The van der Waals surface area contributed by atoms with Crippen molar-refractivity contribution in [1.29, 1.82) is 0 Å². The molecule has 2 aromatic rings. The van der Waals surface area contributed by atoms with Crippen LogP contribution in [0.5, 0.6) is 17.2 Å². The molecule has 0 radical (unpaired) electrons. The molecular weight excluding hydrogens is 318 g/mol. The van der Waals surface area contributed by atoms with Gasteiger partial charge in [0.25, 0.3) is 0 Å². The molecule has 2 aliphatic rings. The number of nitrogens with zero attached hydrogens (tertiary/aromatic N) is 1. The minimum absolute atomic E-state index is 0.0735. The molecule has 0 amide bonds. The molecule has 2 aliphatic heterocycles. The highest BCUT2D eigenvalue weighted by Crippen LogP contribution is 2.44. The molecule has 25 heavy (non-hydrogen) atoms. The minimum Gasteiger partial charge on any atom is -0.506 e. The van der Waals surface area contributed by atoms with E-state index < -0.39 is 0 Å². The summed E-state index contributed by atoms with van der Waals surface area (Å²) in [6, 6.07) is 9.10. The van der Waals surface area contributed by atoms with Crippen LogP contribution in [0.4, 0.5) is 5.69 Å². The SMILES string of the molecule is CC1(C)CCc2c(ccc3c2OCC(c2ccc(O)c(N=O)c2)C3)O1. The van der Waals surface area contributed by atoms with Crippen LogP contribution in [0.3, 0.4) is 0 Å². The Balaban J connectivity index is 1.64. The van der Waals surface area contributed by atoms with Crippen LogP contribution in [0.2, 0.25) is 0 Å². The van der Waals surface area contributed by atoms with E-state index in [1.54, 1.807) is 6.07 Å². The van der Waals surface area contributed by atoms with Crippen molar-refractivity contribution < 1.29 is 14.6 Å². The summed E-state index contributed by atoms with van der Waals surface area (Å²) in [6.45, 7) is 4.75. The second-order valence-corrected chi connectivity index (χ2v) is 7.44. The molecule has 0 spiro atoms. The van der Waals surface area contributed by atoms with Crippen LogP contribution >= 0.6 is 0 Å². The Morgan fingerprint density at radius 1 is 1.24 bits per heavy atom. The van der Waals surface area contributed by atoms with Crippen LogP contribution < -0.4 is 9.47 Å². The Labute approximate surface area is 146 Å². The molecule has 0 saturated carbocycles. The molecule has 4 rings (SSSR count). The summed E-state index contributed by atoms with van der Waals surface area (Å²) in [5.41, 5.74) is 3.21. The van der Waals surface area contributed by atoms with Gasteiger partial charge in [-0.15, -0.1) is 4.91 Å². The maximum Gasteiger partial charge on any atom is 0.149 e. The number of hydrogen-bond acceptors (Lipinski definition) is 5. The lowest BCUT2D eigenvalue weighted by molar-refractivity contribution is 0.0827. The van der Waals surface area contributed by atoms with Crippen molar-refractivity contribution in [2.45, 2.75) is 44.6 Å². The summed E-state index contributed by atoms with van der Waals surface area (Å²) < 4.78 is 12.2. The van der Waals surface area contributed by atoms with Crippen molar-refractivity contribution in [3.05, 3.63) is 51.9 Å². The van der Waals surface area contributed by atoms with Crippen molar-refractivity contribution in [2.24, 2.45) is 5.18 Å². The second-order valence-electron chi connectivity index (χ2n) is 7.44. The summed E-state index contributed by atoms with van der Waals surface area (Å²) >= 11 is 0. The molecule has 1 N–H and O–H groups in total. The van der Waals surface area contributed by atoms with Crippen LogP contribution in [0.15, 0.2) is 35.5 Å². The molecule has 0 aliphatic carbocycles. The van der Waals surface area contributed by atoms with Crippen molar-refractivity contribution in [3.8, 4) is 17.2 Å². The predicted molar refractivity (Wildman–Crippen MR) is 95.0 cm³/mol. The summed E-state index contributed by atoms with van der Waals surface area (Å²) in [7, 11) is 0. The van der Waals surface area contributed by atoms with Gasteiger partial charge in [0.2, 0.25) is 0 Å². The van der Waals surface area contributed by atoms with Gasteiger partial charge in [-0.05, 0) is 67.6 Å². The van der Waals surface area contributed by atoms with Gasteiger partial charge < -0.3 is 14.6 Å². The lowest BCUT2D eigenvalue weighted by Gasteiger charge is -2.35. The van der Waals surface area contributed by atoms with Gasteiger partial charge in [0.1, 0.15) is 28.5 Å². The molecule has 0 fully saturated rings. The average Bonchev–Trinajstić information content (AvgIpc) is 2.60. The zero-order valence-corrected chi connectivity index (χ0v) is 14.4. The van der Waals surface area contributed by atoms with Gasteiger partial charge in [-0.2, -0.15) is 0 Å². The summed E-state index contributed by atoms with van der Waals surface area (Å²) in [5.74, 6) is 1.92. The van der Waals surface area contributed by atoms with Crippen molar-refractivity contribution in [2.75, 3.05) is 6.61 Å². The number of nitroso groups, excluding NO2 is 1. The van der Waals surface area contributed by atoms with Gasteiger partial charge in [0.15, 0.2) is 0 Å². The normalized spacial score (nSPS) is 20.6.